The van der Waals surface area contributed by atoms with E-state index in [0.29, 0.717) is 45.8 Å². The second-order valence-corrected chi connectivity index (χ2v) is 26.2. The first kappa shape index (κ1) is 65.3. The van der Waals surface area contributed by atoms with Crippen molar-refractivity contribution < 1.29 is 42.0 Å². The predicted molar refractivity (Wildman–Crippen MR) is 345 cm³/mol. The van der Waals surface area contributed by atoms with Gasteiger partial charge >= 0.3 is 0 Å². The van der Waals surface area contributed by atoms with Crippen LogP contribution in [0.15, 0.2) is 155 Å². The van der Waals surface area contributed by atoms with Crippen molar-refractivity contribution in [2.24, 2.45) is 0 Å². The molecule has 9 rings (SSSR count). The molecular weight excluding hydrogens is 1220 g/mol. The lowest BCUT2D eigenvalue weighted by Gasteiger charge is -2.40. The molecule has 0 radical (unpaired) electrons. The summed E-state index contributed by atoms with van der Waals surface area (Å²) in [6.07, 6.45) is 11.1. The Morgan fingerprint density at radius 2 is 1.02 bits per heavy atom. The first-order valence-electron chi connectivity index (χ1n) is 28.7. The highest BCUT2D eigenvalue weighted by Gasteiger charge is 2.32. The summed E-state index contributed by atoms with van der Waals surface area (Å²) >= 11 is 18.7. The van der Waals surface area contributed by atoms with Gasteiger partial charge in [-0.15, -0.1) is 0 Å². The van der Waals surface area contributed by atoms with E-state index >= 15 is 0 Å². The van der Waals surface area contributed by atoms with E-state index in [2.05, 4.69) is 139 Å². The van der Waals surface area contributed by atoms with Gasteiger partial charge in [-0.1, -0.05) is 122 Å². The minimum atomic E-state index is -0.167. The number of carbonyl (C=O) groups is 3. The van der Waals surface area contributed by atoms with Crippen molar-refractivity contribution in [1.29, 1.82) is 0 Å². The van der Waals surface area contributed by atoms with Crippen molar-refractivity contribution in [3.8, 4) is 0 Å². The number of ether oxygens (including phenoxy) is 3. The number of nitrogens with zero attached hydrogens (tertiary/aromatic N) is 3. The van der Waals surface area contributed by atoms with Crippen LogP contribution in [0.3, 0.4) is 0 Å². The molecule has 3 heterocycles. The van der Waals surface area contributed by atoms with Crippen LogP contribution >= 0.6 is 55.1 Å². The van der Waals surface area contributed by atoms with Crippen molar-refractivity contribution in [3.63, 3.8) is 0 Å². The van der Waals surface area contributed by atoms with Crippen LogP contribution in [0.5, 0.6) is 0 Å². The number of nitrogens with one attached hydrogen (secondary N) is 3. The number of rotatable bonds is 18. The lowest BCUT2D eigenvalue weighted by atomic mass is 10.0. The Kier molecular flexibility index (Phi) is 25.0. The molecule has 0 spiro atoms. The number of amides is 3. The molecule has 3 aliphatic heterocycles. The maximum Gasteiger partial charge on any atom is 0.255 e. The Labute approximate surface area is 519 Å². The largest absolute Gasteiger partial charge is 0.381 e. The second kappa shape index (κ2) is 31.8. The number of anilines is 2. The number of benzene rings is 6. The number of halogens is 4. The van der Waals surface area contributed by atoms with Gasteiger partial charge in [0.05, 0.1) is 117 Å². The zero-order chi connectivity index (χ0) is 59.4. The zero-order valence-corrected chi connectivity index (χ0v) is 53.7. The standard InChI is InChI=1S/C23H27BrN2O2.C22H27BrN2O2.C22H26Cl2N2O2/c1-26(2,22-11-13-28-14-12-22)17-19-6-4-8-21(16-19)25-23(27)10-9-18-5-3-7-20(24)15-18;1-25(2,21-11-14-27-15-12-21)13-10-17-6-8-20(9-7-17)24-22(26)18-4-3-5-19(23)16-18;1-26(2,19-9-11-28-12-10-19)15-17-5-3-16(4-6-17)14-25-22(27)18-7-8-20(23)21(24)13-18/h3-10,15-16,22H,11-14,17H2,1-2H3;3-9,16,21H,10-15H2,1-2H3;3-8,13,19H,9-12,14-15H2,1-2H3/p+3/b10-9+;;. The van der Waals surface area contributed by atoms with Crippen LogP contribution in [-0.2, 0) is 45.1 Å². The number of likely N-dealkylation sites (N-methyl/N-ethyl adjacent to an activating group) is 1. The number of hydrogen-bond acceptors (Lipinski definition) is 6. The minimum Gasteiger partial charge on any atom is -0.381 e. The summed E-state index contributed by atoms with van der Waals surface area (Å²) in [5.74, 6) is -0.392. The van der Waals surface area contributed by atoms with Crippen LogP contribution in [0.2, 0.25) is 10.0 Å². The average Bonchev–Trinajstić information content (AvgIpc) is 3.49. The molecule has 0 bridgehead atoms. The number of carbonyl (C=O) groups excluding carboxylic acids is 3. The molecule has 3 saturated heterocycles. The summed E-state index contributed by atoms with van der Waals surface area (Å²) < 4.78 is 21.3. The van der Waals surface area contributed by atoms with Crippen molar-refractivity contribution in [3.05, 3.63) is 204 Å². The van der Waals surface area contributed by atoms with E-state index in [1.165, 1.54) is 16.7 Å². The third-order valence-electron chi connectivity index (χ3n) is 16.1. The lowest BCUT2D eigenvalue weighted by Crippen LogP contribution is -2.52. The third-order valence-corrected chi connectivity index (χ3v) is 17.8. The molecule has 0 aromatic heterocycles. The summed E-state index contributed by atoms with van der Waals surface area (Å²) in [6, 6.07) is 46.9. The van der Waals surface area contributed by atoms with Gasteiger partial charge in [0.1, 0.15) is 13.1 Å². The van der Waals surface area contributed by atoms with E-state index in [9.17, 15) is 14.4 Å². The van der Waals surface area contributed by atoms with E-state index < -0.39 is 0 Å². The molecule has 6 aromatic rings. The summed E-state index contributed by atoms with van der Waals surface area (Å²) in [5.41, 5.74) is 8.66. The summed E-state index contributed by atoms with van der Waals surface area (Å²) in [4.78, 5) is 36.9. The monoisotopic (exact) mass is 1300 g/mol. The normalized spacial score (nSPS) is 15.5. The van der Waals surface area contributed by atoms with Crippen molar-refractivity contribution in [1.82, 2.24) is 5.32 Å². The van der Waals surface area contributed by atoms with Crippen molar-refractivity contribution >= 4 is 90.2 Å². The Hall–Kier alpha value is -5.23. The molecule has 442 valence electrons. The van der Waals surface area contributed by atoms with Gasteiger partial charge in [0.2, 0.25) is 5.91 Å². The molecule has 0 aliphatic carbocycles. The smallest absolute Gasteiger partial charge is 0.255 e. The Balaban J connectivity index is 0.000000179. The van der Waals surface area contributed by atoms with E-state index in [-0.39, 0.29) is 17.7 Å². The van der Waals surface area contributed by atoms with Crippen LogP contribution in [-0.4, -0.2) is 138 Å². The summed E-state index contributed by atoms with van der Waals surface area (Å²) in [6.45, 7) is 8.71. The molecule has 3 aliphatic rings. The Bertz CT molecular complexity index is 3080. The molecule has 3 amide bonds. The van der Waals surface area contributed by atoms with Crippen LogP contribution in [0.1, 0.15) is 87.1 Å². The van der Waals surface area contributed by atoms with Crippen LogP contribution in [0.4, 0.5) is 11.4 Å². The molecule has 0 unspecified atom stereocenters. The highest BCUT2D eigenvalue weighted by molar-refractivity contribution is 9.10. The molecule has 0 saturated carbocycles. The zero-order valence-electron chi connectivity index (χ0n) is 49.0. The Morgan fingerprint density at radius 3 is 1.60 bits per heavy atom. The quantitative estimate of drug-likeness (QED) is 0.0583. The SMILES string of the molecule is C[N+](C)(CCc1ccc(NC(=O)c2cccc(Br)c2)cc1)C1CCOCC1.C[N+](C)(Cc1ccc(CNC(=O)c2ccc(Cl)c(Cl)c2)cc1)C1CCOCC1.C[N+](C)(Cc1cccc(NC(=O)/C=C/c2cccc(Br)c2)c1)C1CCOCC1. The van der Waals surface area contributed by atoms with Gasteiger partial charge < -0.3 is 43.6 Å². The van der Waals surface area contributed by atoms with Crippen molar-refractivity contribution in [2.75, 3.05) is 99.1 Å². The van der Waals surface area contributed by atoms with E-state index in [0.717, 1.165) is 149 Å². The van der Waals surface area contributed by atoms with Crippen molar-refractivity contribution in [2.45, 2.75) is 82.7 Å². The van der Waals surface area contributed by atoms with Crippen LogP contribution in [0, 0.1) is 0 Å². The van der Waals surface area contributed by atoms with Gasteiger partial charge in [0.25, 0.3) is 11.8 Å². The lowest BCUT2D eigenvalue weighted by molar-refractivity contribution is -0.929. The van der Waals surface area contributed by atoms with Crippen LogP contribution < -0.4 is 16.0 Å². The fourth-order valence-electron chi connectivity index (χ4n) is 10.9. The summed E-state index contributed by atoms with van der Waals surface area (Å²) in [7, 11) is 13.8. The second-order valence-electron chi connectivity index (χ2n) is 23.5. The predicted octanol–water partition coefficient (Wildman–Crippen LogP) is 14.0. The molecule has 6 aromatic carbocycles. The number of quaternary nitrogens is 3. The summed E-state index contributed by atoms with van der Waals surface area (Å²) in [5, 5.41) is 9.67. The minimum absolute atomic E-state index is 0.0960. The first-order valence-corrected chi connectivity index (χ1v) is 31.1. The highest BCUT2D eigenvalue weighted by Crippen LogP contribution is 2.27. The fourth-order valence-corrected chi connectivity index (χ4v) is 12.1. The van der Waals surface area contributed by atoms with Gasteiger partial charge in [-0.3, -0.25) is 14.4 Å². The maximum absolute atomic E-state index is 12.3. The van der Waals surface area contributed by atoms with E-state index in [1.54, 1.807) is 24.3 Å². The Morgan fingerprint density at radius 1 is 0.506 bits per heavy atom. The number of hydrogen-bond donors (Lipinski definition) is 3. The van der Waals surface area contributed by atoms with E-state index in [4.69, 9.17) is 37.4 Å². The van der Waals surface area contributed by atoms with Gasteiger partial charge in [0, 0.05) is 100 Å². The average molecular weight is 1300 g/mol. The molecule has 12 nitrogen and oxygen atoms in total. The topological polar surface area (TPSA) is 115 Å². The van der Waals surface area contributed by atoms with Crippen LogP contribution in [0.25, 0.3) is 6.08 Å². The third kappa shape index (κ3) is 21.4. The molecule has 3 N–H and O–H groups in total. The molecule has 16 heteroatoms. The fraction of sp³-hybridized carbons (Fsp3) is 0.388. The molecule has 3 fully saturated rings. The van der Waals surface area contributed by atoms with Gasteiger partial charge in [-0.05, 0) is 95.6 Å². The van der Waals surface area contributed by atoms with Gasteiger partial charge in [0.15, 0.2) is 0 Å². The highest BCUT2D eigenvalue weighted by atomic mass is 79.9. The first-order chi connectivity index (χ1) is 39.7. The molecule has 83 heavy (non-hydrogen) atoms. The van der Waals surface area contributed by atoms with E-state index in [1.807, 2.05) is 78.9 Å². The van der Waals surface area contributed by atoms with Gasteiger partial charge in [-0.25, -0.2) is 0 Å². The maximum atomic E-state index is 12.3. The molecular formula is C67H83Br2Cl2N6O6+3. The van der Waals surface area contributed by atoms with Gasteiger partial charge in [-0.2, -0.15) is 0 Å². The molecule has 0 atom stereocenters.